The number of hydrogen-bond donors (Lipinski definition) is 1. The summed E-state index contributed by atoms with van der Waals surface area (Å²) >= 11 is 0. The van der Waals surface area contributed by atoms with Crippen LogP contribution >= 0.6 is 0 Å². The number of hydrazone groups is 1. The summed E-state index contributed by atoms with van der Waals surface area (Å²) in [6.07, 6.45) is 0.383. The van der Waals surface area contributed by atoms with Crippen molar-refractivity contribution in [3.05, 3.63) is 108 Å². The number of rotatable bonds is 12. The van der Waals surface area contributed by atoms with Crippen LogP contribution < -0.4 is 5.43 Å². The first kappa shape index (κ1) is 25.3. The van der Waals surface area contributed by atoms with Gasteiger partial charge in [-0.15, -0.1) is 0 Å². The fourth-order valence-corrected chi connectivity index (χ4v) is 3.89. The van der Waals surface area contributed by atoms with Crippen LogP contribution in [0.15, 0.2) is 96.1 Å². The quantitative estimate of drug-likeness (QED) is 0.241. The van der Waals surface area contributed by atoms with E-state index in [2.05, 4.69) is 10.5 Å². The second-order valence-corrected chi connectivity index (χ2v) is 9.29. The summed E-state index contributed by atoms with van der Waals surface area (Å²) in [5.41, 5.74) is 5.90. The Morgan fingerprint density at radius 1 is 0.882 bits per heavy atom. The Balaban J connectivity index is 1.60. The van der Waals surface area contributed by atoms with E-state index in [4.69, 9.17) is 8.92 Å². The molecule has 0 saturated heterocycles. The molecular formula is C26H28N2O5S. The van der Waals surface area contributed by atoms with Gasteiger partial charge < -0.3 is 4.74 Å². The van der Waals surface area contributed by atoms with Gasteiger partial charge in [-0.1, -0.05) is 91.0 Å². The van der Waals surface area contributed by atoms with Crippen LogP contribution in [-0.4, -0.2) is 39.0 Å². The maximum absolute atomic E-state index is 12.5. The van der Waals surface area contributed by atoms with Crippen molar-refractivity contribution >= 4 is 21.7 Å². The Morgan fingerprint density at radius 3 is 1.94 bits per heavy atom. The highest BCUT2D eigenvalue weighted by Crippen LogP contribution is 2.12. The number of carbonyl (C=O) groups excluding carboxylic acids is 1. The van der Waals surface area contributed by atoms with E-state index in [1.807, 2.05) is 91.0 Å². The SMILES string of the molecule is CS(=O)(=O)O[C@@H](CCC(=O)NN=C(c1ccccc1)c1ccccc1)COCc1ccccc1. The van der Waals surface area contributed by atoms with Crippen molar-refractivity contribution in [1.29, 1.82) is 0 Å². The normalized spacial score (nSPS) is 12.0. The Hall–Kier alpha value is -3.33. The number of hydrogen-bond acceptors (Lipinski definition) is 6. The number of nitrogens with one attached hydrogen (secondary N) is 1. The summed E-state index contributed by atoms with van der Waals surface area (Å²) in [4.78, 5) is 12.5. The molecule has 178 valence electrons. The first-order valence-electron chi connectivity index (χ1n) is 10.9. The van der Waals surface area contributed by atoms with Gasteiger partial charge in [-0.25, -0.2) is 5.43 Å². The van der Waals surface area contributed by atoms with Gasteiger partial charge in [0.1, 0.15) is 6.10 Å². The van der Waals surface area contributed by atoms with Gasteiger partial charge in [0, 0.05) is 17.5 Å². The number of ether oxygens (including phenoxy) is 1. The Bertz CT molecular complexity index is 1130. The molecule has 0 aliphatic rings. The van der Waals surface area contributed by atoms with E-state index < -0.39 is 16.2 Å². The zero-order valence-corrected chi connectivity index (χ0v) is 19.8. The van der Waals surface area contributed by atoms with Gasteiger partial charge in [0.05, 0.1) is 25.2 Å². The molecule has 0 spiro atoms. The van der Waals surface area contributed by atoms with Gasteiger partial charge in [-0.05, 0) is 12.0 Å². The minimum atomic E-state index is -3.70. The predicted molar refractivity (Wildman–Crippen MR) is 132 cm³/mol. The molecule has 8 heteroatoms. The standard InChI is InChI=1S/C26H28N2O5S/c1-34(30,31)33-24(20-32-19-21-11-5-2-6-12-21)17-18-25(29)27-28-26(22-13-7-3-8-14-22)23-15-9-4-10-16-23/h2-16,24H,17-20H2,1H3,(H,27,29)/t24-/m0/s1. The van der Waals surface area contributed by atoms with E-state index in [9.17, 15) is 13.2 Å². The molecule has 3 rings (SSSR count). The van der Waals surface area contributed by atoms with E-state index in [-0.39, 0.29) is 25.4 Å². The fourth-order valence-electron chi connectivity index (χ4n) is 3.24. The van der Waals surface area contributed by atoms with Crippen LogP contribution in [0.5, 0.6) is 0 Å². The molecule has 0 aliphatic carbocycles. The molecule has 3 aromatic rings. The van der Waals surface area contributed by atoms with Crippen LogP contribution in [0, 0.1) is 0 Å². The van der Waals surface area contributed by atoms with Crippen LogP contribution in [0.25, 0.3) is 0 Å². The first-order chi connectivity index (χ1) is 16.4. The van der Waals surface area contributed by atoms with Gasteiger partial charge in [-0.2, -0.15) is 13.5 Å². The van der Waals surface area contributed by atoms with Crippen molar-refractivity contribution in [1.82, 2.24) is 5.43 Å². The molecule has 3 aromatic carbocycles. The molecule has 0 heterocycles. The van der Waals surface area contributed by atoms with Gasteiger partial charge >= 0.3 is 0 Å². The second-order valence-electron chi connectivity index (χ2n) is 7.69. The lowest BCUT2D eigenvalue weighted by molar-refractivity contribution is -0.121. The zero-order valence-electron chi connectivity index (χ0n) is 19.0. The molecule has 34 heavy (non-hydrogen) atoms. The topological polar surface area (TPSA) is 94.1 Å². The maximum Gasteiger partial charge on any atom is 0.264 e. The highest BCUT2D eigenvalue weighted by molar-refractivity contribution is 7.86. The van der Waals surface area contributed by atoms with E-state index in [1.165, 1.54) is 0 Å². The minimum Gasteiger partial charge on any atom is -0.374 e. The van der Waals surface area contributed by atoms with Gasteiger partial charge in [0.15, 0.2) is 0 Å². The molecule has 0 saturated carbocycles. The summed E-state index contributed by atoms with van der Waals surface area (Å²) in [6, 6.07) is 28.6. The van der Waals surface area contributed by atoms with E-state index in [0.717, 1.165) is 22.9 Å². The molecule has 0 bridgehead atoms. The predicted octanol–water partition coefficient (Wildman–Crippen LogP) is 3.90. The lowest BCUT2D eigenvalue weighted by Crippen LogP contribution is -2.27. The molecule has 1 N–H and O–H groups in total. The van der Waals surface area contributed by atoms with Crippen LogP contribution in [0.3, 0.4) is 0 Å². The molecule has 0 aromatic heterocycles. The Labute approximate surface area is 200 Å². The van der Waals surface area contributed by atoms with Crippen molar-refractivity contribution in [2.75, 3.05) is 12.9 Å². The Morgan fingerprint density at radius 2 is 1.41 bits per heavy atom. The largest absolute Gasteiger partial charge is 0.374 e. The third kappa shape index (κ3) is 8.90. The summed E-state index contributed by atoms with van der Waals surface area (Å²) in [7, 11) is -3.70. The smallest absolute Gasteiger partial charge is 0.264 e. The lowest BCUT2D eigenvalue weighted by atomic mass is 10.0. The number of amides is 1. The van der Waals surface area contributed by atoms with E-state index >= 15 is 0 Å². The third-order valence-corrected chi connectivity index (χ3v) is 5.43. The Kier molecular flexibility index (Phi) is 9.51. The number of benzene rings is 3. The molecule has 7 nitrogen and oxygen atoms in total. The maximum atomic E-state index is 12.5. The summed E-state index contributed by atoms with van der Waals surface area (Å²) in [5.74, 6) is -0.352. The second kappa shape index (κ2) is 12.8. The molecular weight excluding hydrogens is 452 g/mol. The molecule has 0 radical (unpaired) electrons. The lowest BCUT2D eigenvalue weighted by Gasteiger charge is -2.16. The van der Waals surface area contributed by atoms with Crippen LogP contribution in [0.4, 0.5) is 0 Å². The van der Waals surface area contributed by atoms with E-state index in [1.54, 1.807) is 0 Å². The highest BCUT2D eigenvalue weighted by Gasteiger charge is 2.18. The fraction of sp³-hybridized carbons (Fsp3) is 0.231. The molecule has 1 amide bonds. The zero-order chi connectivity index (χ0) is 24.2. The third-order valence-electron chi connectivity index (χ3n) is 4.81. The van der Waals surface area contributed by atoms with Crippen molar-refractivity contribution in [2.45, 2.75) is 25.6 Å². The molecule has 1 atom stereocenters. The summed E-state index contributed by atoms with van der Waals surface area (Å²) < 4.78 is 34.0. The van der Waals surface area contributed by atoms with Gasteiger partial charge in [0.2, 0.25) is 5.91 Å². The van der Waals surface area contributed by atoms with Crippen LogP contribution in [-0.2, 0) is 30.4 Å². The van der Waals surface area contributed by atoms with Crippen molar-refractivity contribution in [3.63, 3.8) is 0 Å². The van der Waals surface area contributed by atoms with Crippen molar-refractivity contribution in [2.24, 2.45) is 5.10 Å². The molecule has 0 unspecified atom stereocenters. The monoisotopic (exact) mass is 480 g/mol. The minimum absolute atomic E-state index is 0.0231. The first-order valence-corrected chi connectivity index (χ1v) is 12.7. The summed E-state index contributed by atoms with van der Waals surface area (Å²) in [6.45, 7) is 0.357. The average Bonchev–Trinajstić information content (AvgIpc) is 2.84. The number of nitrogens with zero attached hydrogens (tertiary/aromatic N) is 1. The van der Waals surface area contributed by atoms with Crippen molar-refractivity contribution < 1.29 is 22.1 Å². The average molecular weight is 481 g/mol. The van der Waals surface area contributed by atoms with Gasteiger partial charge in [-0.3, -0.25) is 8.98 Å². The molecule has 0 fully saturated rings. The highest BCUT2D eigenvalue weighted by atomic mass is 32.2. The number of carbonyl (C=O) groups is 1. The summed E-state index contributed by atoms with van der Waals surface area (Å²) in [5, 5.41) is 4.35. The van der Waals surface area contributed by atoms with Crippen molar-refractivity contribution in [3.8, 4) is 0 Å². The van der Waals surface area contributed by atoms with Crippen LogP contribution in [0.1, 0.15) is 29.5 Å². The molecule has 0 aliphatic heterocycles. The van der Waals surface area contributed by atoms with Gasteiger partial charge in [0.25, 0.3) is 10.1 Å². The van der Waals surface area contributed by atoms with E-state index in [0.29, 0.717) is 12.3 Å². The van der Waals surface area contributed by atoms with Crippen LogP contribution in [0.2, 0.25) is 0 Å².